The Balaban J connectivity index is 2.29. The molecule has 0 saturated heterocycles. The number of oxazole rings is 1. The predicted octanol–water partition coefficient (Wildman–Crippen LogP) is 1.86. The number of nitrogen functional groups attached to an aromatic ring is 1. The van der Waals surface area contributed by atoms with Gasteiger partial charge in [0.1, 0.15) is 11.5 Å². The summed E-state index contributed by atoms with van der Waals surface area (Å²) in [5, 5.41) is 8.66. The highest BCUT2D eigenvalue weighted by Crippen LogP contribution is 2.24. The number of benzene rings is 1. The van der Waals surface area contributed by atoms with Crippen molar-refractivity contribution in [2.24, 2.45) is 0 Å². The lowest BCUT2D eigenvalue weighted by molar-refractivity contribution is -0.136. The summed E-state index contributed by atoms with van der Waals surface area (Å²) in [6, 6.07) is 7.26. The second-order valence-corrected chi connectivity index (χ2v) is 3.72. The summed E-state index contributed by atoms with van der Waals surface area (Å²) in [5.41, 5.74) is 7.75. The van der Waals surface area contributed by atoms with E-state index in [4.69, 9.17) is 15.3 Å². The first-order chi connectivity index (χ1) is 8.06. The van der Waals surface area contributed by atoms with Crippen molar-refractivity contribution in [1.29, 1.82) is 0 Å². The van der Waals surface area contributed by atoms with E-state index < -0.39 is 5.97 Å². The van der Waals surface area contributed by atoms with E-state index >= 15 is 0 Å². The van der Waals surface area contributed by atoms with Crippen LogP contribution in [0.15, 0.2) is 28.7 Å². The molecule has 0 radical (unpaired) electrons. The van der Waals surface area contributed by atoms with Crippen molar-refractivity contribution in [3.63, 3.8) is 0 Å². The molecule has 0 aliphatic carbocycles. The average molecular weight is 232 g/mol. The summed E-state index contributed by atoms with van der Waals surface area (Å²) < 4.78 is 5.14. The average Bonchev–Trinajstić information content (AvgIpc) is 2.58. The summed E-state index contributed by atoms with van der Waals surface area (Å²) in [4.78, 5) is 14.6. The predicted molar refractivity (Wildman–Crippen MR) is 62.4 cm³/mol. The molecule has 1 heterocycles. The van der Waals surface area contributed by atoms with Gasteiger partial charge < -0.3 is 15.3 Å². The standard InChI is InChI=1S/C12H12N2O3/c1-7-11(14-12(13)17-7)9-4-2-8(3-5-9)6-10(15)16/h2-5H,6H2,1H3,(H2,13,14)(H,15,16). The number of hydrogen-bond donors (Lipinski definition) is 2. The minimum Gasteiger partial charge on any atom is -0.481 e. The van der Waals surface area contributed by atoms with Crippen LogP contribution in [0.1, 0.15) is 11.3 Å². The SMILES string of the molecule is Cc1oc(N)nc1-c1ccc(CC(=O)O)cc1. The molecule has 5 heteroatoms. The van der Waals surface area contributed by atoms with E-state index in [1.165, 1.54) is 0 Å². The number of carboxylic acids is 1. The molecule has 0 atom stereocenters. The minimum atomic E-state index is -0.848. The van der Waals surface area contributed by atoms with E-state index in [1.54, 1.807) is 19.1 Å². The van der Waals surface area contributed by atoms with Crippen LogP contribution in [0.25, 0.3) is 11.3 Å². The minimum absolute atomic E-state index is 0.0141. The highest BCUT2D eigenvalue weighted by Gasteiger charge is 2.09. The Kier molecular flexibility index (Phi) is 2.82. The third-order valence-electron chi connectivity index (χ3n) is 2.40. The van der Waals surface area contributed by atoms with Gasteiger partial charge in [-0.25, -0.2) is 0 Å². The Hall–Kier alpha value is -2.30. The maximum Gasteiger partial charge on any atom is 0.307 e. The summed E-state index contributed by atoms with van der Waals surface area (Å²) in [6.45, 7) is 1.78. The van der Waals surface area contributed by atoms with Crippen LogP contribution >= 0.6 is 0 Å². The molecule has 0 aliphatic rings. The number of nitrogens with zero attached hydrogens (tertiary/aromatic N) is 1. The van der Waals surface area contributed by atoms with Gasteiger partial charge in [-0.15, -0.1) is 0 Å². The van der Waals surface area contributed by atoms with Crippen LogP contribution in [0, 0.1) is 6.92 Å². The van der Waals surface area contributed by atoms with Crippen LogP contribution < -0.4 is 5.73 Å². The Bertz CT molecular complexity index is 543. The number of nitrogens with two attached hydrogens (primary N) is 1. The quantitative estimate of drug-likeness (QED) is 0.843. The molecule has 0 fully saturated rings. The maximum atomic E-state index is 10.5. The van der Waals surface area contributed by atoms with Crippen LogP contribution in [-0.2, 0) is 11.2 Å². The van der Waals surface area contributed by atoms with Gasteiger partial charge in [-0.1, -0.05) is 24.3 Å². The third kappa shape index (κ3) is 2.44. The van der Waals surface area contributed by atoms with Crippen molar-refractivity contribution in [3.8, 4) is 11.3 Å². The highest BCUT2D eigenvalue weighted by molar-refractivity contribution is 5.71. The Morgan fingerprint density at radius 2 is 2.06 bits per heavy atom. The highest BCUT2D eigenvalue weighted by atomic mass is 16.4. The molecule has 2 rings (SSSR count). The first-order valence-electron chi connectivity index (χ1n) is 5.10. The fourth-order valence-electron chi connectivity index (χ4n) is 1.64. The number of rotatable bonds is 3. The molecule has 0 saturated carbocycles. The summed E-state index contributed by atoms with van der Waals surface area (Å²) in [5.74, 6) is -0.201. The molecule has 0 aliphatic heterocycles. The molecule has 3 N–H and O–H groups in total. The number of aryl methyl sites for hydroxylation is 1. The fourth-order valence-corrected chi connectivity index (χ4v) is 1.64. The van der Waals surface area contributed by atoms with Gasteiger partial charge in [0.2, 0.25) is 0 Å². The zero-order valence-corrected chi connectivity index (χ0v) is 9.30. The Morgan fingerprint density at radius 1 is 1.41 bits per heavy atom. The van der Waals surface area contributed by atoms with Crippen molar-refractivity contribution in [2.75, 3.05) is 5.73 Å². The molecule has 0 unspecified atom stereocenters. The number of carbonyl (C=O) groups is 1. The van der Waals surface area contributed by atoms with E-state index in [0.717, 1.165) is 11.1 Å². The van der Waals surface area contributed by atoms with Gasteiger partial charge >= 0.3 is 5.97 Å². The van der Waals surface area contributed by atoms with Crippen molar-refractivity contribution in [1.82, 2.24) is 4.98 Å². The molecular weight excluding hydrogens is 220 g/mol. The lowest BCUT2D eigenvalue weighted by Gasteiger charge is -2.00. The van der Waals surface area contributed by atoms with Crippen LogP contribution in [0.4, 0.5) is 6.01 Å². The van der Waals surface area contributed by atoms with Crippen molar-refractivity contribution in [2.45, 2.75) is 13.3 Å². The summed E-state index contributed by atoms with van der Waals surface area (Å²) in [6.07, 6.45) is 0.0141. The van der Waals surface area contributed by atoms with Gasteiger partial charge in [-0.05, 0) is 12.5 Å². The van der Waals surface area contributed by atoms with Crippen LogP contribution in [-0.4, -0.2) is 16.1 Å². The molecule has 88 valence electrons. The van der Waals surface area contributed by atoms with Gasteiger partial charge in [0.15, 0.2) is 0 Å². The molecule has 0 amide bonds. The van der Waals surface area contributed by atoms with E-state index in [9.17, 15) is 4.79 Å². The molecule has 5 nitrogen and oxygen atoms in total. The molecule has 0 bridgehead atoms. The summed E-state index contributed by atoms with van der Waals surface area (Å²) >= 11 is 0. The number of carboxylic acid groups (broad SMARTS) is 1. The van der Waals surface area contributed by atoms with Gasteiger partial charge in [0, 0.05) is 5.56 Å². The topological polar surface area (TPSA) is 89.4 Å². The zero-order chi connectivity index (χ0) is 12.4. The van der Waals surface area contributed by atoms with E-state index in [0.29, 0.717) is 11.5 Å². The van der Waals surface area contributed by atoms with Crippen LogP contribution in [0.2, 0.25) is 0 Å². The molecule has 0 spiro atoms. The molecular formula is C12H12N2O3. The Labute approximate surface area is 97.9 Å². The summed E-state index contributed by atoms with van der Waals surface area (Å²) in [7, 11) is 0. The lowest BCUT2D eigenvalue weighted by Crippen LogP contribution is -1.99. The van der Waals surface area contributed by atoms with Gasteiger partial charge in [-0.2, -0.15) is 4.98 Å². The molecule has 2 aromatic rings. The normalized spacial score (nSPS) is 10.4. The van der Waals surface area contributed by atoms with Crippen molar-refractivity contribution >= 4 is 12.0 Å². The first kappa shape index (κ1) is 11.2. The second kappa shape index (κ2) is 4.29. The smallest absolute Gasteiger partial charge is 0.307 e. The van der Waals surface area contributed by atoms with Gasteiger partial charge in [0.25, 0.3) is 6.01 Å². The van der Waals surface area contributed by atoms with Crippen molar-refractivity contribution in [3.05, 3.63) is 35.6 Å². The molecule has 1 aromatic carbocycles. The number of hydrogen-bond acceptors (Lipinski definition) is 4. The van der Waals surface area contributed by atoms with Crippen LogP contribution in [0.5, 0.6) is 0 Å². The maximum absolute atomic E-state index is 10.5. The fraction of sp³-hybridized carbons (Fsp3) is 0.167. The number of aliphatic carboxylic acids is 1. The monoisotopic (exact) mass is 232 g/mol. The van der Waals surface area contributed by atoms with Gasteiger partial charge in [0.05, 0.1) is 6.42 Å². The second-order valence-electron chi connectivity index (χ2n) is 3.72. The number of aromatic nitrogens is 1. The van der Waals surface area contributed by atoms with E-state index in [1.807, 2.05) is 12.1 Å². The number of anilines is 1. The molecule has 17 heavy (non-hydrogen) atoms. The Morgan fingerprint density at radius 3 is 2.53 bits per heavy atom. The van der Waals surface area contributed by atoms with E-state index in [-0.39, 0.29) is 12.4 Å². The van der Waals surface area contributed by atoms with Crippen molar-refractivity contribution < 1.29 is 14.3 Å². The van der Waals surface area contributed by atoms with E-state index in [2.05, 4.69) is 4.98 Å². The largest absolute Gasteiger partial charge is 0.481 e. The zero-order valence-electron chi connectivity index (χ0n) is 9.30. The van der Waals surface area contributed by atoms with Crippen LogP contribution in [0.3, 0.4) is 0 Å². The lowest BCUT2D eigenvalue weighted by atomic mass is 10.1. The molecule has 1 aromatic heterocycles. The van der Waals surface area contributed by atoms with Gasteiger partial charge in [-0.3, -0.25) is 4.79 Å². The first-order valence-corrected chi connectivity index (χ1v) is 5.10. The third-order valence-corrected chi connectivity index (χ3v) is 2.40.